The molecule has 30 heavy (non-hydrogen) atoms. The predicted molar refractivity (Wildman–Crippen MR) is 116 cm³/mol. The Hall–Kier alpha value is -3.10. The van der Waals surface area contributed by atoms with Crippen LogP contribution in [0.4, 0.5) is 5.69 Å². The number of aromatic nitrogens is 3. The topological polar surface area (TPSA) is 94.1 Å². The van der Waals surface area contributed by atoms with E-state index in [1.165, 1.54) is 0 Å². The molecule has 1 amide bonds. The summed E-state index contributed by atoms with van der Waals surface area (Å²) in [4.78, 5) is 16.7. The number of nitrogens with one attached hydrogen (secondary N) is 1. The number of hydrogen-bond donors (Lipinski definition) is 1. The monoisotopic (exact) mass is 440 g/mol. The van der Waals surface area contributed by atoms with Gasteiger partial charge in [-0.3, -0.25) is 4.79 Å². The number of amides is 1. The van der Waals surface area contributed by atoms with Gasteiger partial charge in [0.15, 0.2) is 0 Å². The second-order valence-electron chi connectivity index (χ2n) is 6.46. The van der Waals surface area contributed by atoms with Crippen LogP contribution in [-0.4, -0.2) is 26.8 Å². The van der Waals surface area contributed by atoms with Gasteiger partial charge in [-0.1, -0.05) is 29.4 Å². The van der Waals surface area contributed by atoms with Crippen molar-refractivity contribution in [2.75, 3.05) is 11.1 Å². The standard InChI is InChI=1S/C21H17ClN4O3S/c1-12-13(2)28-19(23-12)15-4-3-5-17(10-15)24-18(27)11-30-21-26-25-20(29-21)14-6-8-16(22)9-7-14/h3-10H,11H2,1-2H3,(H,24,27). The summed E-state index contributed by atoms with van der Waals surface area (Å²) in [6, 6.07) is 14.4. The number of carbonyl (C=O) groups excluding carboxylic acids is 1. The van der Waals surface area contributed by atoms with Gasteiger partial charge in [0.2, 0.25) is 17.7 Å². The van der Waals surface area contributed by atoms with Crippen LogP contribution < -0.4 is 5.32 Å². The summed E-state index contributed by atoms with van der Waals surface area (Å²) in [5.41, 5.74) is 3.05. The number of oxazole rings is 1. The SMILES string of the molecule is Cc1nc(-c2cccc(NC(=O)CSc3nnc(-c4ccc(Cl)cc4)o3)c2)oc1C. The lowest BCUT2D eigenvalue weighted by atomic mass is 10.2. The summed E-state index contributed by atoms with van der Waals surface area (Å²) < 4.78 is 11.2. The van der Waals surface area contributed by atoms with Crippen LogP contribution in [0.15, 0.2) is 62.6 Å². The first-order chi connectivity index (χ1) is 14.5. The van der Waals surface area contributed by atoms with Gasteiger partial charge in [0.25, 0.3) is 5.22 Å². The number of benzene rings is 2. The maximum absolute atomic E-state index is 12.3. The summed E-state index contributed by atoms with van der Waals surface area (Å²) in [6.45, 7) is 3.76. The molecule has 4 aromatic rings. The molecule has 0 saturated heterocycles. The Bertz CT molecular complexity index is 1170. The zero-order valence-electron chi connectivity index (χ0n) is 16.2. The third-order valence-electron chi connectivity index (χ3n) is 4.25. The highest BCUT2D eigenvalue weighted by Crippen LogP contribution is 2.26. The molecule has 0 unspecified atom stereocenters. The van der Waals surface area contributed by atoms with Crippen molar-refractivity contribution in [3.05, 3.63) is 65.0 Å². The molecule has 0 fully saturated rings. The van der Waals surface area contributed by atoms with Gasteiger partial charge in [0.05, 0.1) is 11.4 Å². The number of aryl methyl sites for hydroxylation is 2. The quantitative estimate of drug-likeness (QED) is 0.401. The number of hydrogen-bond acceptors (Lipinski definition) is 7. The van der Waals surface area contributed by atoms with Crippen LogP contribution in [0.25, 0.3) is 22.9 Å². The van der Waals surface area contributed by atoms with E-state index < -0.39 is 0 Å². The van der Waals surface area contributed by atoms with Crippen molar-refractivity contribution >= 4 is 35.0 Å². The van der Waals surface area contributed by atoms with E-state index in [4.69, 9.17) is 20.4 Å². The van der Waals surface area contributed by atoms with Crippen LogP contribution in [0.3, 0.4) is 0 Å². The number of nitrogens with zero attached hydrogens (tertiary/aromatic N) is 3. The van der Waals surface area contributed by atoms with Crippen molar-refractivity contribution < 1.29 is 13.6 Å². The van der Waals surface area contributed by atoms with E-state index in [0.717, 1.165) is 34.3 Å². The second-order valence-corrected chi connectivity index (χ2v) is 7.82. The lowest BCUT2D eigenvalue weighted by molar-refractivity contribution is -0.113. The Labute approximate surface area is 181 Å². The van der Waals surface area contributed by atoms with Crippen LogP contribution >= 0.6 is 23.4 Å². The second kappa shape index (κ2) is 8.73. The van der Waals surface area contributed by atoms with Crippen molar-refractivity contribution in [3.8, 4) is 22.9 Å². The van der Waals surface area contributed by atoms with Crippen LogP contribution in [0.2, 0.25) is 5.02 Å². The van der Waals surface area contributed by atoms with Gasteiger partial charge in [-0.25, -0.2) is 4.98 Å². The summed E-state index contributed by atoms with van der Waals surface area (Å²) in [5.74, 6) is 1.61. The Morgan fingerprint density at radius 3 is 2.57 bits per heavy atom. The van der Waals surface area contributed by atoms with E-state index in [9.17, 15) is 4.79 Å². The van der Waals surface area contributed by atoms with E-state index >= 15 is 0 Å². The molecule has 0 spiro atoms. The molecular weight excluding hydrogens is 424 g/mol. The highest BCUT2D eigenvalue weighted by molar-refractivity contribution is 7.99. The molecule has 0 bridgehead atoms. The molecule has 0 saturated carbocycles. The Balaban J connectivity index is 1.36. The maximum Gasteiger partial charge on any atom is 0.277 e. The van der Waals surface area contributed by atoms with Crippen molar-refractivity contribution in [2.24, 2.45) is 0 Å². The molecule has 2 heterocycles. The van der Waals surface area contributed by atoms with Crippen molar-refractivity contribution in [2.45, 2.75) is 19.1 Å². The van der Waals surface area contributed by atoms with E-state index in [1.807, 2.05) is 32.0 Å². The van der Waals surface area contributed by atoms with Gasteiger partial charge in [-0.2, -0.15) is 0 Å². The van der Waals surface area contributed by atoms with Gasteiger partial charge >= 0.3 is 0 Å². The van der Waals surface area contributed by atoms with Gasteiger partial charge in [-0.05, 0) is 56.3 Å². The molecule has 0 atom stereocenters. The van der Waals surface area contributed by atoms with Crippen LogP contribution in [0.1, 0.15) is 11.5 Å². The van der Waals surface area contributed by atoms with Crippen molar-refractivity contribution in [3.63, 3.8) is 0 Å². The number of carbonyl (C=O) groups is 1. The summed E-state index contributed by atoms with van der Waals surface area (Å²) in [5, 5.41) is 11.8. The molecular formula is C21H17ClN4O3S. The Morgan fingerprint density at radius 2 is 1.83 bits per heavy atom. The third kappa shape index (κ3) is 4.72. The van der Waals surface area contributed by atoms with Gasteiger partial charge in [-0.15, -0.1) is 10.2 Å². The summed E-state index contributed by atoms with van der Waals surface area (Å²) in [7, 11) is 0. The minimum atomic E-state index is -0.192. The van der Waals surface area contributed by atoms with E-state index in [0.29, 0.717) is 27.7 Å². The van der Waals surface area contributed by atoms with E-state index in [-0.39, 0.29) is 11.7 Å². The van der Waals surface area contributed by atoms with E-state index in [1.54, 1.807) is 30.3 Å². The van der Waals surface area contributed by atoms with Gasteiger partial charge < -0.3 is 14.2 Å². The summed E-state index contributed by atoms with van der Waals surface area (Å²) >= 11 is 7.05. The Morgan fingerprint density at radius 1 is 1.03 bits per heavy atom. The average Bonchev–Trinajstić information content (AvgIpc) is 3.34. The van der Waals surface area contributed by atoms with E-state index in [2.05, 4.69) is 20.5 Å². The first kappa shape index (κ1) is 20.2. The van der Waals surface area contributed by atoms with Gasteiger partial charge in [0.1, 0.15) is 5.76 Å². The maximum atomic E-state index is 12.3. The molecule has 7 nitrogen and oxygen atoms in total. The lowest BCUT2D eigenvalue weighted by Crippen LogP contribution is -2.14. The summed E-state index contributed by atoms with van der Waals surface area (Å²) in [6.07, 6.45) is 0. The highest BCUT2D eigenvalue weighted by atomic mass is 35.5. The molecule has 0 aliphatic rings. The smallest absolute Gasteiger partial charge is 0.277 e. The largest absolute Gasteiger partial charge is 0.441 e. The minimum absolute atomic E-state index is 0.129. The molecule has 4 rings (SSSR count). The molecule has 152 valence electrons. The van der Waals surface area contributed by atoms with Crippen molar-refractivity contribution in [1.29, 1.82) is 0 Å². The molecule has 0 aliphatic carbocycles. The minimum Gasteiger partial charge on any atom is -0.441 e. The number of thioether (sulfide) groups is 1. The third-order valence-corrected chi connectivity index (χ3v) is 5.32. The highest BCUT2D eigenvalue weighted by Gasteiger charge is 2.13. The lowest BCUT2D eigenvalue weighted by Gasteiger charge is -2.05. The average molecular weight is 441 g/mol. The fourth-order valence-corrected chi connectivity index (χ4v) is 3.32. The Kier molecular flexibility index (Phi) is 5.87. The zero-order chi connectivity index (χ0) is 21.1. The first-order valence-electron chi connectivity index (χ1n) is 9.04. The first-order valence-corrected chi connectivity index (χ1v) is 10.4. The molecule has 9 heteroatoms. The number of rotatable bonds is 6. The molecule has 1 N–H and O–H groups in total. The molecule has 2 aromatic heterocycles. The predicted octanol–water partition coefficient (Wildman–Crippen LogP) is 5.39. The van der Waals surface area contributed by atoms with Crippen LogP contribution in [0.5, 0.6) is 0 Å². The van der Waals surface area contributed by atoms with Crippen LogP contribution in [-0.2, 0) is 4.79 Å². The fraction of sp³-hybridized carbons (Fsp3) is 0.143. The normalized spacial score (nSPS) is 10.9. The van der Waals surface area contributed by atoms with Crippen molar-refractivity contribution in [1.82, 2.24) is 15.2 Å². The fourth-order valence-electron chi connectivity index (χ4n) is 2.63. The molecule has 0 radical (unpaired) electrons. The van der Waals surface area contributed by atoms with Crippen LogP contribution in [0, 0.1) is 13.8 Å². The number of halogens is 1. The molecule has 0 aliphatic heterocycles. The zero-order valence-corrected chi connectivity index (χ0v) is 17.8. The number of anilines is 1. The van der Waals surface area contributed by atoms with Gasteiger partial charge in [0, 0.05) is 21.8 Å². The molecule has 2 aromatic carbocycles.